The van der Waals surface area contributed by atoms with E-state index in [1.165, 1.54) is 0 Å². The zero-order chi connectivity index (χ0) is 17.2. The van der Waals surface area contributed by atoms with Gasteiger partial charge in [-0.15, -0.1) is 0 Å². The van der Waals surface area contributed by atoms with Gasteiger partial charge in [-0.25, -0.2) is 9.79 Å². The summed E-state index contributed by atoms with van der Waals surface area (Å²) in [4.78, 5) is 28.1. The van der Waals surface area contributed by atoms with Gasteiger partial charge in [0.25, 0.3) is 0 Å². The molecule has 0 saturated heterocycles. The number of nitrogens with zero attached hydrogens (tertiary/aromatic N) is 1. The number of hydrogen-bond donors (Lipinski definition) is 2. The molecule has 1 aliphatic heterocycles. The predicted octanol–water partition coefficient (Wildman–Crippen LogP) is 1.98. The first-order valence-electron chi connectivity index (χ1n) is 7.24. The van der Waals surface area contributed by atoms with E-state index in [0.717, 1.165) is 0 Å². The number of benzene rings is 1. The van der Waals surface area contributed by atoms with Crippen molar-refractivity contribution in [1.29, 1.82) is 0 Å². The number of carbonyl (C=O) groups is 2. The second kappa shape index (κ2) is 6.34. The molecule has 0 fully saturated rings. The first kappa shape index (κ1) is 16.9. The fraction of sp³-hybridized carbons (Fsp3) is 0.353. The van der Waals surface area contributed by atoms with Crippen LogP contribution in [0.4, 0.5) is 5.69 Å². The highest BCUT2D eigenvalue weighted by Gasteiger charge is 2.22. The van der Waals surface area contributed by atoms with Crippen LogP contribution in [0.15, 0.2) is 28.8 Å². The van der Waals surface area contributed by atoms with Crippen molar-refractivity contribution in [1.82, 2.24) is 0 Å². The lowest BCUT2D eigenvalue weighted by atomic mass is 10.0. The molecule has 6 nitrogen and oxygen atoms in total. The second-order valence-corrected chi connectivity index (χ2v) is 6.31. The molecule has 0 bridgehead atoms. The summed E-state index contributed by atoms with van der Waals surface area (Å²) in [5.41, 5.74) is 7.17. The van der Waals surface area contributed by atoms with E-state index in [9.17, 15) is 9.59 Å². The zero-order valence-corrected chi connectivity index (χ0v) is 13.4. The van der Waals surface area contributed by atoms with Gasteiger partial charge in [-0.2, -0.15) is 0 Å². The van der Waals surface area contributed by atoms with E-state index in [4.69, 9.17) is 15.6 Å². The van der Waals surface area contributed by atoms with E-state index < -0.39 is 24.0 Å². The van der Waals surface area contributed by atoms with Gasteiger partial charge in [0.2, 0.25) is 0 Å². The van der Waals surface area contributed by atoms with Gasteiger partial charge in [0.1, 0.15) is 18.0 Å². The van der Waals surface area contributed by atoms with E-state index in [2.05, 4.69) is 4.99 Å². The molecule has 1 aromatic carbocycles. The number of Topliss-reactive ketones (excluding diaryl/α,β-unsaturated/α-hetero) is 1. The Kier molecular flexibility index (Phi) is 4.65. The van der Waals surface area contributed by atoms with Crippen molar-refractivity contribution in [2.75, 3.05) is 6.61 Å². The normalized spacial score (nSPS) is 14.3. The number of aliphatic hydroxyl groups is 1. The average molecular weight is 316 g/mol. The van der Waals surface area contributed by atoms with Crippen LogP contribution in [-0.2, 0) is 9.53 Å². The SMILES string of the molecule is CC(C)(C)OC(=O)C1=Cc2ccc(C(=O)CO)cc2N=C(N)C1. The van der Waals surface area contributed by atoms with Gasteiger partial charge in [-0.05, 0) is 32.9 Å². The van der Waals surface area contributed by atoms with Gasteiger partial charge < -0.3 is 15.6 Å². The fourth-order valence-electron chi connectivity index (χ4n) is 2.13. The number of aliphatic imine (C=N–C) groups is 1. The van der Waals surface area contributed by atoms with E-state index in [-0.39, 0.29) is 12.3 Å². The van der Waals surface area contributed by atoms with Crippen LogP contribution in [0.25, 0.3) is 6.08 Å². The summed E-state index contributed by atoms with van der Waals surface area (Å²) < 4.78 is 5.37. The van der Waals surface area contributed by atoms with Crippen LogP contribution in [0.5, 0.6) is 0 Å². The largest absolute Gasteiger partial charge is 0.457 e. The van der Waals surface area contributed by atoms with E-state index >= 15 is 0 Å². The number of ketones is 1. The molecule has 0 unspecified atom stereocenters. The minimum Gasteiger partial charge on any atom is -0.457 e. The summed E-state index contributed by atoms with van der Waals surface area (Å²) >= 11 is 0. The number of hydrogen-bond acceptors (Lipinski definition) is 6. The van der Waals surface area contributed by atoms with Crippen molar-refractivity contribution in [2.45, 2.75) is 32.8 Å². The van der Waals surface area contributed by atoms with Crippen molar-refractivity contribution >= 4 is 29.4 Å². The highest BCUT2D eigenvalue weighted by atomic mass is 16.6. The lowest BCUT2D eigenvalue weighted by Gasteiger charge is -2.20. The highest BCUT2D eigenvalue weighted by molar-refractivity contribution is 6.04. The summed E-state index contributed by atoms with van der Waals surface area (Å²) in [7, 11) is 0. The Morgan fingerprint density at radius 2 is 2.04 bits per heavy atom. The molecule has 0 spiro atoms. The van der Waals surface area contributed by atoms with Crippen LogP contribution in [0.1, 0.15) is 43.1 Å². The number of esters is 1. The third-order valence-corrected chi connectivity index (χ3v) is 3.12. The second-order valence-electron chi connectivity index (χ2n) is 6.31. The molecular formula is C17H20N2O4. The smallest absolute Gasteiger partial charge is 0.335 e. The van der Waals surface area contributed by atoms with E-state index in [0.29, 0.717) is 22.4 Å². The van der Waals surface area contributed by atoms with Gasteiger partial charge >= 0.3 is 5.97 Å². The Morgan fingerprint density at radius 3 is 2.65 bits per heavy atom. The third kappa shape index (κ3) is 4.26. The minimum atomic E-state index is -0.601. The Balaban J connectivity index is 2.41. The maximum atomic E-state index is 12.3. The number of rotatable bonds is 3. The van der Waals surface area contributed by atoms with Gasteiger partial charge in [0, 0.05) is 23.1 Å². The molecule has 122 valence electrons. The van der Waals surface area contributed by atoms with Crippen LogP contribution < -0.4 is 5.73 Å². The molecule has 23 heavy (non-hydrogen) atoms. The molecule has 0 aromatic heterocycles. The molecule has 3 N–H and O–H groups in total. The maximum absolute atomic E-state index is 12.3. The van der Waals surface area contributed by atoms with Crippen molar-refractivity contribution in [3.05, 3.63) is 34.9 Å². The molecule has 6 heteroatoms. The Morgan fingerprint density at radius 1 is 1.35 bits per heavy atom. The Bertz CT molecular complexity index is 712. The van der Waals surface area contributed by atoms with Crippen molar-refractivity contribution in [3.8, 4) is 0 Å². The van der Waals surface area contributed by atoms with Gasteiger partial charge in [0.05, 0.1) is 5.69 Å². The summed E-state index contributed by atoms with van der Waals surface area (Å²) in [6, 6.07) is 4.80. The quantitative estimate of drug-likeness (QED) is 0.656. The molecule has 1 aromatic rings. The molecule has 1 heterocycles. The van der Waals surface area contributed by atoms with Crippen molar-refractivity contribution in [2.24, 2.45) is 10.7 Å². The lowest BCUT2D eigenvalue weighted by Crippen LogP contribution is -2.26. The first-order valence-corrected chi connectivity index (χ1v) is 7.24. The third-order valence-electron chi connectivity index (χ3n) is 3.12. The molecule has 0 aliphatic carbocycles. The predicted molar refractivity (Wildman–Crippen MR) is 87.6 cm³/mol. The average Bonchev–Trinajstić information content (AvgIpc) is 2.61. The van der Waals surface area contributed by atoms with Crippen LogP contribution in [0.3, 0.4) is 0 Å². The van der Waals surface area contributed by atoms with Gasteiger partial charge in [-0.1, -0.05) is 12.1 Å². The van der Waals surface area contributed by atoms with E-state index in [1.807, 2.05) is 0 Å². The summed E-state index contributed by atoms with van der Waals surface area (Å²) in [6.45, 7) is 4.80. The van der Waals surface area contributed by atoms with Crippen LogP contribution in [0, 0.1) is 0 Å². The highest BCUT2D eigenvalue weighted by Crippen LogP contribution is 2.28. The molecule has 0 saturated carbocycles. The topological polar surface area (TPSA) is 102 Å². The molecular weight excluding hydrogens is 296 g/mol. The molecule has 2 rings (SSSR count). The Hall–Kier alpha value is -2.47. The van der Waals surface area contributed by atoms with E-state index in [1.54, 1.807) is 45.0 Å². The fourth-order valence-corrected chi connectivity index (χ4v) is 2.13. The minimum absolute atomic E-state index is 0.173. The number of ether oxygens (including phenoxy) is 1. The van der Waals surface area contributed by atoms with Gasteiger partial charge in [0.15, 0.2) is 5.78 Å². The Labute approximate surface area is 134 Å². The number of fused-ring (bicyclic) bond motifs is 1. The van der Waals surface area contributed by atoms with Crippen LogP contribution in [-0.4, -0.2) is 34.9 Å². The zero-order valence-electron chi connectivity index (χ0n) is 13.4. The molecule has 0 amide bonds. The molecule has 0 radical (unpaired) electrons. The number of amidine groups is 1. The summed E-state index contributed by atoms with van der Waals surface area (Å²) in [5, 5.41) is 8.94. The van der Waals surface area contributed by atoms with Gasteiger partial charge in [-0.3, -0.25) is 4.79 Å². The monoisotopic (exact) mass is 316 g/mol. The van der Waals surface area contributed by atoms with Crippen LogP contribution >= 0.6 is 0 Å². The maximum Gasteiger partial charge on any atom is 0.335 e. The summed E-state index contributed by atoms with van der Waals surface area (Å²) in [5.74, 6) is -0.587. The molecule has 0 atom stereocenters. The summed E-state index contributed by atoms with van der Waals surface area (Å²) in [6.07, 6.45) is 1.84. The lowest BCUT2D eigenvalue weighted by molar-refractivity contribution is -0.149. The molecule has 1 aliphatic rings. The number of carbonyl (C=O) groups excluding carboxylic acids is 2. The number of nitrogens with two attached hydrogens (primary N) is 1. The van der Waals surface area contributed by atoms with Crippen molar-refractivity contribution < 1.29 is 19.4 Å². The van der Waals surface area contributed by atoms with Crippen LogP contribution in [0.2, 0.25) is 0 Å². The van der Waals surface area contributed by atoms with Crippen molar-refractivity contribution in [3.63, 3.8) is 0 Å². The number of aliphatic hydroxyl groups excluding tert-OH is 1. The first-order chi connectivity index (χ1) is 10.7. The standard InChI is InChI=1S/C17H20N2O4/c1-17(2,3)23-16(22)12-6-10-4-5-11(14(21)9-20)7-13(10)19-15(18)8-12/h4-7,20H,8-9H2,1-3H3,(H2,18,19).